The molecule has 0 aliphatic heterocycles. The zero-order valence-electron chi connectivity index (χ0n) is 11.2. The predicted molar refractivity (Wildman–Crippen MR) is 70.0 cm³/mol. The molecule has 0 aromatic carbocycles. The van der Waals surface area contributed by atoms with E-state index in [1.807, 2.05) is 6.92 Å². The third-order valence-corrected chi connectivity index (χ3v) is 3.36. The van der Waals surface area contributed by atoms with Crippen LogP contribution in [0.15, 0.2) is 16.7 Å². The Labute approximate surface area is 104 Å². The Bertz CT molecular complexity index is 344. The highest BCUT2D eigenvalue weighted by atomic mass is 16.3. The van der Waals surface area contributed by atoms with E-state index < -0.39 is 0 Å². The molecule has 2 rings (SSSR count). The summed E-state index contributed by atoms with van der Waals surface area (Å²) in [6.45, 7) is 7.59. The Balaban J connectivity index is 1.68. The van der Waals surface area contributed by atoms with E-state index in [1.54, 1.807) is 6.26 Å². The van der Waals surface area contributed by atoms with Gasteiger partial charge in [-0.2, -0.15) is 0 Å². The minimum absolute atomic E-state index is 0.702. The van der Waals surface area contributed by atoms with E-state index in [-0.39, 0.29) is 0 Å². The van der Waals surface area contributed by atoms with Crippen LogP contribution in [0.1, 0.15) is 31.1 Å². The second-order valence-electron chi connectivity index (χ2n) is 5.49. The van der Waals surface area contributed by atoms with Gasteiger partial charge in [0.25, 0.3) is 0 Å². The van der Waals surface area contributed by atoms with Crippen LogP contribution < -0.4 is 5.32 Å². The van der Waals surface area contributed by atoms with Gasteiger partial charge in [0.2, 0.25) is 0 Å². The number of aryl methyl sites for hydroxylation is 1. The van der Waals surface area contributed by atoms with Crippen molar-refractivity contribution < 1.29 is 4.42 Å². The van der Waals surface area contributed by atoms with Gasteiger partial charge in [0, 0.05) is 24.7 Å². The second-order valence-corrected chi connectivity index (χ2v) is 5.49. The lowest BCUT2D eigenvalue weighted by atomic mass is 10.1. The van der Waals surface area contributed by atoms with Gasteiger partial charge in [-0.05, 0) is 45.3 Å². The van der Waals surface area contributed by atoms with Crippen LogP contribution in [0.2, 0.25) is 0 Å². The Hall–Kier alpha value is -0.800. The van der Waals surface area contributed by atoms with E-state index >= 15 is 0 Å². The fourth-order valence-corrected chi connectivity index (χ4v) is 2.18. The molecule has 0 spiro atoms. The largest absolute Gasteiger partial charge is 0.469 e. The summed E-state index contributed by atoms with van der Waals surface area (Å²) in [5, 5.41) is 3.59. The molecule has 1 aliphatic rings. The SMILES string of the molecule is Cc1occc1CN(C)CC(C)CNC1CC1. The van der Waals surface area contributed by atoms with Gasteiger partial charge in [-0.15, -0.1) is 0 Å². The van der Waals surface area contributed by atoms with E-state index in [0.29, 0.717) is 5.92 Å². The molecule has 17 heavy (non-hydrogen) atoms. The van der Waals surface area contributed by atoms with Crippen molar-refractivity contribution in [3.8, 4) is 0 Å². The molecule has 3 nitrogen and oxygen atoms in total. The first-order valence-corrected chi connectivity index (χ1v) is 6.60. The van der Waals surface area contributed by atoms with E-state index in [1.165, 1.54) is 18.4 Å². The molecular weight excluding hydrogens is 212 g/mol. The van der Waals surface area contributed by atoms with Crippen molar-refractivity contribution in [2.45, 2.75) is 39.3 Å². The fraction of sp³-hybridized carbons (Fsp3) is 0.714. The molecule has 1 saturated carbocycles. The van der Waals surface area contributed by atoms with E-state index in [9.17, 15) is 0 Å². The van der Waals surface area contributed by atoms with Crippen LogP contribution in [0.4, 0.5) is 0 Å². The first kappa shape index (κ1) is 12.7. The summed E-state index contributed by atoms with van der Waals surface area (Å²) in [6, 6.07) is 2.89. The quantitative estimate of drug-likeness (QED) is 0.788. The first-order valence-electron chi connectivity index (χ1n) is 6.60. The number of furan rings is 1. The second kappa shape index (κ2) is 5.69. The topological polar surface area (TPSA) is 28.4 Å². The van der Waals surface area contributed by atoms with Gasteiger partial charge in [0.05, 0.1) is 6.26 Å². The van der Waals surface area contributed by atoms with Crippen molar-refractivity contribution in [2.24, 2.45) is 5.92 Å². The lowest BCUT2D eigenvalue weighted by Crippen LogP contribution is -2.31. The molecule has 1 aromatic heterocycles. The zero-order chi connectivity index (χ0) is 12.3. The highest BCUT2D eigenvalue weighted by molar-refractivity contribution is 5.14. The molecule has 0 radical (unpaired) electrons. The number of nitrogens with zero attached hydrogens (tertiary/aromatic N) is 1. The fourth-order valence-electron chi connectivity index (χ4n) is 2.18. The van der Waals surface area contributed by atoms with Crippen LogP contribution in [0.5, 0.6) is 0 Å². The third-order valence-electron chi connectivity index (χ3n) is 3.36. The maximum Gasteiger partial charge on any atom is 0.105 e. The van der Waals surface area contributed by atoms with Gasteiger partial charge in [0.1, 0.15) is 5.76 Å². The Kier molecular flexibility index (Phi) is 4.24. The molecule has 1 N–H and O–H groups in total. The normalized spacial score (nSPS) is 17.6. The summed E-state index contributed by atoms with van der Waals surface area (Å²) in [6.07, 6.45) is 4.52. The summed E-state index contributed by atoms with van der Waals surface area (Å²) in [5.41, 5.74) is 1.30. The van der Waals surface area contributed by atoms with Crippen LogP contribution >= 0.6 is 0 Å². The van der Waals surface area contributed by atoms with Crippen LogP contribution in [-0.2, 0) is 6.54 Å². The summed E-state index contributed by atoms with van der Waals surface area (Å²) in [7, 11) is 2.18. The predicted octanol–water partition coefficient (Wildman–Crippen LogP) is 2.41. The Morgan fingerprint density at radius 1 is 1.53 bits per heavy atom. The van der Waals surface area contributed by atoms with Gasteiger partial charge in [-0.25, -0.2) is 0 Å². The van der Waals surface area contributed by atoms with Gasteiger partial charge < -0.3 is 14.6 Å². The van der Waals surface area contributed by atoms with E-state index in [0.717, 1.165) is 31.4 Å². The molecule has 3 heteroatoms. The van der Waals surface area contributed by atoms with Crippen LogP contribution in [0.25, 0.3) is 0 Å². The molecule has 0 bridgehead atoms. The average Bonchev–Trinajstić information content (AvgIpc) is 3.02. The van der Waals surface area contributed by atoms with Crippen LogP contribution in [-0.4, -0.2) is 31.1 Å². The summed E-state index contributed by atoms with van der Waals surface area (Å²) < 4.78 is 5.32. The highest BCUT2D eigenvalue weighted by Crippen LogP contribution is 2.19. The summed E-state index contributed by atoms with van der Waals surface area (Å²) >= 11 is 0. The molecule has 1 unspecified atom stereocenters. The van der Waals surface area contributed by atoms with Crippen LogP contribution in [0, 0.1) is 12.8 Å². The number of hydrogen-bond acceptors (Lipinski definition) is 3. The smallest absolute Gasteiger partial charge is 0.105 e. The molecule has 1 aliphatic carbocycles. The van der Waals surface area contributed by atoms with Crippen molar-refractivity contribution in [3.63, 3.8) is 0 Å². The standard InChI is InChI=1S/C14H24N2O/c1-11(8-15-14-4-5-14)9-16(3)10-13-6-7-17-12(13)2/h6-7,11,14-15H,4-5,8-10H2,1-3H3. The van der Waals surface area contributed by atoms with Gasteiger partial charge in [-0.3, -0.25) is 0 Å². The maximum atomic E-state index is 5.32. The summed E-state index contributed by atoms with van der Waals surface area (Å²) in [5.74, 6) is 1.74. The minimum Gasteiger partial charge on any atom is -0.469 e. The Morgan fingerprint density at radius 3 is 2.88 bits per heavy atom. The van der Waals surface area contributed by atoms with Crippen molar-refractivity contribution in [2.75, 3.05) is 20.1 Å². The number of nitrogens with one attached hydrogen (secondary N) is 1. The minimum atomic E-state index is 0.702. The lowest BCUT2D eigenvalue weighted by molar-refractivity contribution is 0.272. The average molecular weight is 236 g/mol. The Morgan fingerprint density at radius 2 is 2.29 bits per heavy atom. The molecule has 0 saturated heterocycles. The van der Waals surface area contributed by atoms with Crippen molar-refractivity contribution in [1.82, 2.24) is 10.2 Å². The van der Waals surface area contributed by atoms with Crippen molar-refractivity contribution in [3.05, 3.63) is 23.7 Å². The third kappa shape index (κ3) is 4.17. The van der Waals surface area contributed by atoms with E-state index in [2.05, 4.69) is 30.3 Å². The summed E-state index contributed by atoms with van der Waals surface area (Å²) in [4.78, 5) is 2.37. The van der Waals surface area contributed by atoms with Gasteiger partial charge >= 0.3 is 0 Å². The van der Waals surface area contributed by atoms with E-state index in [4.69, 9.17) is 4.42 Å². The molecule has 1 fully saturated rings. The van der Waals surface area contributed by atoms with Crippen molar-refractivity contribution >= 4 is 0 Å². The van der Waals surface area contributed by atoms with Gasteiger partial charge in [-0.1, -0.05) is 6.92 Å². The maximum absolute atomic E-state index is 5.32. The molecule has 1 aromatic rings. The number of hydrogen-bond donors (Lipinski definition) is 1. The van der Waals surface area contributed by atoms with Crippen molar-refractivity contribution in [1.29, 1.82) is 0 Å². The molecule has 96 valence electrons. The lowest BCUT2D eigenvalue weighted by Gasteiger charge is -2.21. The highest BCUT2D eigenvalue weighted by Gasteiger charge is 2.21. The zero-order valence-corrected chi connectivity index (χ0v) is 11.2. The number of rotatable bonds is 7. The first-order chi connectivity index (χ1) is 8.15. The molecule has 0 amide bonds. The van der Waals surface area contributed by atoms with Gasteiger partial charge in [0.15, 0.2) is 0 Å². The molecule has 1 atom stereocenters. The van der Waals surface area contributed by atoms with Crippen LogP contribution in [0.3, 0.4) is 0 Å². The molecule has 1 heterocycles. The molecular formula is C14H24N2O. The monoisotopic (exact) mass is 236 g/mol.